The highest BCUT2D eigenvalue weighted by molar-refractivity contribution is 6.16. The van der Waals surface area contributed by atoms with Gasteiger partial charge in [0, 0.05) is 27.5 Å². The Labute approximate surface area is 463 Å². The number of aromatic nitrogens is 4. The molecular formula is C74H76N4. The summed E-state index contributed by atoms with van der Waals surface area (Å²) in [5, 5.41) is 2.38. The molecule has 0 saturated heterocycles. The summed E-state index contributed by atoms with van der Waals surface area (Å²) >= 11 is 0. The molecule has 1 spiro atoms. The first-order chi connectivity index (χ1) is 38.0. The number of hydrogen-bond donors (Lipinski definition) is 0. The summed E-state index contributed by atoms with van der Waals surface area (Å²) in [7, 11) is 0. The first kappa shape index (κ1) is 48.5. The van der Waals surface area contributed by atoms with Crippen molar-refractivity contribution in [2.75, 3.05) is 0 Å². The Hall–Kier alpha value is -6.65. The fourth-order valence-corrected chi connectivity index (χ4v) is 19.0. The van der Waals surface area contributed by atoms with Crippen LogP contribution in [0.1, 0.15) is 152 Å². The fourth-order valence-electron chi connectivity index (χ4n) is 19.0. The van der Waals surface area contributed by atoms with Crippen molar-refractivity contribution in [1.29, 1.82) is 0 Å². The second-order valence-corrected chi connectivity index (χ2v) is 26.7. The van der Waals surface area contributed by atoms with Crippen LogP contribution in [0.15, 0.2) is 164 Å². The van der Waals surface area contributed by atoms with E-state index < -0.39 is 5.41 Å². The number of rotatable bonds is 9. The maximum Gasteiger partial charge on any atom is 0.238 e. The molecule has 2 heterocycles. The summed E-state index contributed by atoms with van der Waals surface area (Å²) < 4.78 is 2.36. The highest BCUT2D eigenvalue weighted by atomic mass is 15.2. The van der Waals surface area contributed by atoms with E-state index in [1.807, 2.05) is 0 Å². The van der Waals surface area contributed by atoms with Crippen LogP contribution in [0.25, 0.3) is 72.8 Å². The zero-order valence-corrected chi connectivity index (χ0v) is 46.9. The van der Waals surface area contributed by atoms with E-state index in [9.17, 15) is 0 Å². The second kappa shape index (κ2) is 17.9. The zero-order valence-electron chi connectivity index (χ0n) is 46.9. The number of hydrogen-bond acceptors (Lipinski definition) is 3. The molecular weight excluding hydrogens is 945 g/mol. The van der Waals surface area contributed by atoms with Gasteiger partial charge in [-0.15, -0.1) is 0 Å². The highest BCUT2D eigenvalue weighted by Crippen LogP contribution is 2.74. The maximum atomic E-state index is 5.57. The molecule has 4 nitrogen and oxygen atoms in total. The van der Waals surface area contributed by atoms with Crippen molar-refractivity contribution in [3.05, 3.63) is 192 Å². The Bertz CT molecular complexity index is 3760. The van der Waals surface area contributed by atoms with Gasteiger partial charge in [-0.05, 0) is 166 Å². The fraction of sp³-hybridized carbons (Fsp3) is 0.392. The highest BCUT2D eigenvalue weighted by Gasteiger charge is 2.65. The quantitative estimate of drug-likeness (QED) is 0.145. The van der Waals surface area contributed by atoms with Gasteiger partial charge in [0.15, 0.2) is 11.6 Å². The Morgan fingerprint density at radius 2 is 1.14 bits per heavy atom. The van der Waals surface area contributed by atoms with Crippen LogP contribution in [-0.4, -0.2) is 19.5 Å². The molecule has 15 rings (SSSR count). The predicted molar refractivity (Wildman–Crippen MR) is 322 cm³/mol. The zero-order chi connectivity index (χ0) is 52.7. The summed E-state index contributed by atoms with van der Waals surface area (Å²) in [6, 6.07) is 60.9. The summed E-state index contributed by atoms with van der Waals surface area (Å²) in [4.78, 5) is 16.4. The van der Waals surface area contributed by atoms with Crippen LogP contribution in [0.3, 0.4) is 0 Å². The van der Waals surface area contributed by atoms with Gasteiger partial charge in [-0.3, -0.25) is 4.57 Å². The smallest absolute Gasteiger partial charge is 0.238 e. The average molecular weight is 1020 g/mol. The van der Waals surface area contributed by atoms with Gasteiger partial charge in [-0.2, -0.15) is 9.97 Å². The largest absolute Gasteiger partial charge is 0.277 e. The lowest BCUT2D eigenvalue weighted by Gasteiger charge is -2.67. The summed E-state index contributed by atoms with van der Waals surface area (Å²) in [5.41, 5.74) is 17.0. The van der Waals surface area contributed by atoms with E-state index in [4.69, 9.17) is 15.0 Å². The minimum Gasteiger partial charge on any atom is -0.277 e. The minimum absolute atomic E-state index is 0.408. The topological polar surface area (TPSA) is 43.6 Å². The molecule has 9 aromatic rings. The normalized spacial score (nSPS) is 27.5. The van der Waals surface area contributed by atoms with E-state index in [-0.39, 0.29) is 0 Å². The van der Waals surface area contributed by atoms with Crippen molar-refractivity contribution in [3.8, 4) is 51.0 Å². The number of para-hydroxylation sites is 1. The summed E-state index contributed by atoms with van der Waals surface area (Å²) in [6.07, 6.45) is 16.8. The van der Waals surface area contributed by atoms with Crippen LogP contribution < -0.4 is 0 Å². The van der Waals surface area contributed by atoms with Crippen molar-refractivity contribution in [1.82, 2.24) is 19.5 Å². The molecule has 78 heavy (non-hydrogen) atoms. The summed E-state index contributed by atoms with van der Waals surface area (Å²) in [5.74, 6) is 7.74. The monoisotopic (exact) mass is 1020 g/mol. The Kier molecular flexibility index (Phi) is 11.1. The van der Waals surface area contributed by atoms with Crippen molar-refractivity contribution < 1.29 is 0 Å². The Balaban J connectivity index is 0.786. The molecule has 4 heteroatoms. The molecule has 0 amide bonds. The van der Waals surface area contributed by atoms with Crippen LogP contribution in [0.4, 0.5) is 0 Å². The molecule has 9 atom stereocenters. The molecule has 2 aromatic heterocycles. The van der Waals surface area contributed by atoms with Gasteiger partial charge in [-0.1, -0.05) is 219 Å². The predicted octanol–water partition coefficient (Wildman–Crippen LogP) is 19.2. The van der Waals surface area contributed by atoms with Crippen molar-refractivity contribution >= 4 is 21.8 Å². The van der Waals surface area contributed by atoms with E-state index >= 15 is 0 Å². The lowest BCUT2D eigenvalue weighted by Crippen LogP contribution is -2.59. The molecule has 7 aromatic carbocycles. The van der Waals surface area contributed by atoms with Crippen molar-refractivity contribution in [2.45, 2.75) is 130 Å². The van der Waals surface area contributed by atoms with Gasteiger partial charge in [0.2, 0.25) is 5.95 Å². The van der Waals surface area contributed by atoms with E-state index in [1.165, 1.54) is 138 Å². The van der Waals surface area contributed by atoms with E-state index in [1.54, 1.807) is 0 Å². The SMILES string of the molecule is CC(C)CCC[C@@H](C)[C@H]1CC[C@H]2[C@@H]3CC[C@H]4CC(c5ccc(-c6nc(-c7ccccc7)nc(-n7c8ccccc8c8ccc9c(c87)-c7ccccc7C97c8ccccc8-c8ccccc87)n6)cc5)CC[C@]4(C)[C@@]3(C)CC[C@]12C. The molecule has 4 fully saturated rings. The molecule has 0 aliphatic heterocycles. The molecule has 392 valence electrons. The Morgan fingerprint density at radius 1 is 0.513 bits per heavy atom. The second-order valence-electron chi connectivity index (χ2n) is 26.7. The van der Waals surface area contributed by atoms with Gasteiger partial charge >= 0.3 is 0 Å². The van der Waals surface area contributed by atoms with Crippen LogP contribution >= 0.6 is 0 Å². The summed E-state index contributed by atoms with van der Waals surface area (Å²) in [6.45, 7) is 15.7. The Morgan fingerprint density at radius 3 is 1.86 bits per heavy atom. The number of nitrogens with zero attached hydrogens (tertiary/aromatic N) is 4. The lowest BCUT2D eigenvalue weighted by molar-refractivity contribution is -0.178. The average Bonchev–Trinajstić information content (AvgIpc) is 3.24. The van der Waals surface area contributed by atoms with Crippen molar-refractivity contribution in [3.63, 3.8) is 0 Å². The molecule has 1 unspecified atom stereocenters. The van der Waals surface area contributed by atoms with Gasteiger partial charge in [0.25, 0.3) is 0 Å². The first-order valence-electron chi connectivity index (χ1n) is 30.3. The standard InChI is InChI=1S/C74H76N4/c1-46(2)19-18-20-47(3)58-39-40-62-63-37-35-52-45-51(41-42-72(52,5)73(63,6)44-43-71(58,62)4)48-31-33-50(34-32-48)69-75-68(49-21-8-7-9-22-49)76-70(77-69)78-65-30-17-13-25-55(65)56-36-38-64-66(67(56)78)57-26-12-16-29-61(57)74(64)59-27-14-10-23-53(59)54-24-11-15-28-60(54)74/h7-17,21-34,36,38,46-47,51-52,58,62-63H,18-20,35,37,39-45H2,1-6H3/t47-,51?,52+,58-,62+,63+,71-,72+,73+/m1/s1. The number of fused-ring (bicyclic) bond motifs is 19. The van der Waals surface area contributed by atoms with Gasteiger partial charge < -0.3 is 0 Å². The third-order valence-electron chi connectivity index (χ3n) is 23.0. The van der Waals surface area contributed by atoms with Gasteiger partial charge in [0.05, 0.1) is 16.4 Å². The number of benzene rings is 7. The van der Waals surface area contributed by atoms with E-state index in [0.717, 1.165) is 57.7 Å². The van der Waals surface area contributed by atoms with E-state index in [0.29, 0.717) is 39.8 Å². The molecule has 6 aliphatic carbocycles. The van der Waals surface area contributed by atoms with E-state index in [2.05, 4.69) is 210 Å². The van der Waals surface area contributed by atoms with Crippen LogP contribution in [0.2, 0.25) is 0 Å². The maximum absolute atomic E-state index is 5.57. The molecule has 0 bridgehead atoms. The minimum atomic E-state index is -0.465. The molecule has 0 N–H and O–H groups in total. The molecule has 6 aliphatic rings. The van der Waals surface area contributed by atoms with Crippen molar-refractivity contribution in [2.24, 2.45) is 51.8 Å². The van der Waals surface area contributed by atoms with Gasteiger partial charge in [0.1, 0.15) is 0 Å². The van der Waals surface area contributed by atoms with Crippen LogP contribution in [0, 0.1) is 51.8 Å². The third-order valence-corrected chi connectivity index (χ3v) is 23.0. The third kappa shape index (κ3) is 6.80. The molecule has 0 radical (unpaired) electrons. The van der Waals surface area contributed by atoms with Crippen LogP contribution in [0.5, 0.6) is 0 Å². The lowest BCUT2D eigenvalue weighted by atomic mass is 9.38. The van der Waals surface area contributed by atoms with Crippen LogP contribution in [-0.2, 0) is 5.41 Å². The first-order valence-corrected chi connectivity index (χ1v) is 30.3. The van der Waals surface area contributed by atoms with Gasteiger partial charge in [-0.25, -0.2) is 4.98 Å². The molecule has 4 saturated carbocycles.